The third kappa shape index (κ3) is 2.75. The second-order valence-corrected chi connectivity index (χ2v) is 7.20. The molecule has 1 aliphatic rings. The van der Waals surface area contributed by atoms with E-state index in [1.54, 1.807) is 0 Å². The molecule has 3 rings (SSSR count). The minimum absolute atomic E-state index is 0.265. The van der Waals surface area contributed by atoms with Crippen molar-refractivity contribution in [3.63, 3.8) is 0 Å². The Bertz CT molecular complexity index is 624. The topological polar surface area (TPSA) is 28.2 Å². The Morgan fingerprint density at radius 2 is 2.05 bits per heavy atom. The lowest BCUT2D eigenvalue weighted by atomic mass is 9.84. The highest BCUT2D eigenvalue weighted by molar-refractivity contribution is 5.93. The zero-order chi connectivity index (χ0) is 15.0. The van der Waals surface area contributed by atoms with Crippen LogP contribution < -0.4 is 10.2 Å². The van der Waals surface area contributed by atoms with E-state index in [1.807, 2.05) is 12.4 Å². The molecule has 1 fully saturated rings. The van der Waals surface area contributed by atoms with Gasteiger partial charge in [-0.1, -0.05) is 32.9 Å². The SMILES string of the molecule is CC1CNC(C(C)(C)C)CN1c1cccc2ccncc12. The fourth-order valence-corrected chi connectivity index (χ4v) is 3.13. The van der Waals surface area contributed by atoms with Gasteiger partial charge in [0.15, 0.2) is 0 Å². The number of hydrogen-bond acceptors (Lipinski definition) is 3. The maximum atomic E-state index is 4.32. The van der Waals surface area contributed by atoms with Crippen molar-refractivity contribution < 1.29 is 0 Å². The van der Waals surface area contributed by atoms with Crippen LogP contribution in [0.5, 0.6) is 0 Å². The Balaban J connectivity index is 2.00. The second kappa shape index (κ2) is 5.30. The molecule has 1 aromatic carbocycles. The van der Waals surface area contributed by atoms with Gasteiger partial charge < -0.3 is 10.2 Å². The maximum absolute atomic E-state index is 4.32. The summed E-state index contributed by atoms with van der Waals surface area (Å²) >= 11 is 0. The molecule has 2 unspecified atom stereocenters. The first-order valence-corrected chi connectivity index (χ1v) is 7.79. The van der Waals surface area contributed by atoms with Crippen LogP contribution in [0, 0.1) is 5.41 Å². The number of hydrogen-bond donors (Lipinski definition) is 1. The molecular weight excluding hydrogens is 258 g/mol. The van der Waals surface area contributed by atoms with Crippen LogP contribution in [0.1, 0.15) is 27.7 Å². The molecule has 2 heterocycles. The van der Waals surface area contributed by atoms with E-state index >= 15 is 0 Å². The number of piperazine rings is 1. The third-order valence-corrected chi connectivity index (χ3v) is 4.59. The van der Waals surface area contributed by atoms with E-state index in [2.05, 4.69) is 67.2 Å². The van der Waals surface area contributed by atoms with Crippen molar-refractivity contribution in [1.82, 2.24) is 10.3 Å². The highest BCUT2D eigenvalue weighted by Gasteiger charge is 2.32. The first-order valence-electron chi connectivity index (χ1n) is 7.79. The molecule has 3 heteroatoms. The Morgan fingerprint density at radius 3 is 2.81 bits per heavy atom. The zero-order valence-corrected chi connectivity index (χ0v) is 13.4. The summed E-state index contributed by atoms with van der Waals surface area (Å²) in [6.07, 6.45) is 3.86. The van der Waals surface area contributed by atoms with Gasteiger partial charge in [0, 0.05) is 48.6 Å². The van der Waals surface area contributed by atoms with Crippen molar-refractivity contribution in [2.45, 2.75) is 39.8 Å². The van der Waals surface area contributed by atoms with E-state index in [9.17, 15) is 0 Å². The Morgan fingerprint density at radius 1 is 1.24 bits per heavy atom. The van der Waals surface area contributed by atoms with Gasteiger partial charge in [-0.3, -0.25) is 4.98 Å². The lowest BCUT2D eigenvalue weighted by Crippen LogP contribution is -2.59. The number of anilines is 1. The van der Waals surface area contributed by atoms with Crippen LogP contribution in [0.15, 0.2) is 36.7 Å². The van der Waals surface area contributed by atoms with Crippen molar-refractivity contribution in [3.8, 4) is 0 Å². The molecule has 0 radical (unpaired) electrons. The number of nitrogens with one attached hydrogen (secondary N) is 1. The fourth-order valence-electron chi connectivity index (χ4n) is 3.13. The largest absolute Gasteiger partial charge is 0.365 e. The van der Waals surface area contributed by atoms with E-state index in [-0.39, 0.29) is 5.41 Å². The lowest BCUT2D eigenvalue weighted by Gasteiger charge is -2.45. The van der Waals surface area contributed by atoms with Crippen molar-refractivity contribution >= 4 is 16.5 Å². The van der Waals surface area contributed by atoms with E-state index in [0.29, 0.717) is 12.1 Å². The first kappa shape index (κ1) is 14.3. The molecule has 112 valence electrons. The summed E-state index contributed by atoms with van der Waals surface area (Å²) in [4.78, 5) is 6.86. The van der Waals surface area contributed by atoms with Crippen LogP contribution in [0.3, 0.4) is 0 Å². The van der Waals surface area contributed by atoms with Gasteiger partial charge in [0.05, 0.1) is 0 Å². The number of nitrogens with zero attached hydrogens (tertiary/aromatic N) is 2. The smallest absolute Gasteiger partial charge is 0.0464 e. The van der Waals surface area contributed by atoms with Crippen LogP contribution in [0.2, 0.25) is 0 Å². The maximum Gasteiger partial charge on any atom is 0.0464 e. The molecule has 0 amide bonds. The summed E-state index contributed by atoms with van der Waals surface area (Å²) in [6, 6.07) is 9.63. The summed E-state index contributed by atoms with van der Waals surface area (Å²) in [5.74, 6) is 0. The molecule has 3 nitrogen and oxygen atoms in total. The number of pyridine rings is 1. The normalized spacial score (nSPS) is 23.5. The van der Waals surface area contributed by atoms with Gasteiger partial charge in [0.1, 0.15) is 0 Å². The molecule has 2 atom stereocenters. The summed E-state index contributed by atoms with van der Waals surface area (Å²) in [5.41, 5.74) is 1.57. The number of benzene rings is 1. The number of rotatable bonds is 1. The highest BCUT2D eigenvalue weighted by Crippen LogP contribution is 2.31. The standard InChI is InChI=1S/C18H25N3/c1-13-10-20-17(18(2,3)4)12-21(13)16-7-5-6-14-8-9-19-11-15(14)16/h5-9,11,13,17,20H,10,12H2,1-4H3. The fraction of sp³-hybridized carbons (Fsp3) is 0.500. The first-order chi connectivity index (χ1) is 9.97. The van der Waals surface area contributed by atoms with E-state index in [4.69, 9.17) is 0 Å². The molecule has 2 aromatic rings. The molecule has 0 spiro atoms. The van der Waals surface area contributed by atoms with Gasteiger partial charge in [-0.2, -0.15) is 0 Å². The van der Waals surface area contributed by atoms with Crippen molar-refractivity contribution in [2.24, 2.45) is 5.41 Å². The lowest BCUT2D eigenvalue weighted by molar-refractivity contribution is 0.239. The average molecular weight is 283 g/mol. The minimum Gasteiger partial charge on any atom is -0.365 e. The van der Waals surface area contributed by atoms with Gasteiger partial charge in [-0.25, -0.2) is 0 Å². The molecule has 0 saturated carbocycles. The highest BCUT2D eigenvalue weighted by atomic mass is 15.2. The zero-order valence-electron chi connectivity index (χ0n) is 13.4. The summed E-state index contributed by atoms with van der Waals surface area (Å²) in [6.45, 7) is 11.3. The predicted octanol–water partition coefficient (Wildman–Crippen LogP) is 3.45. The Labute approximate surface area is 127 Å². The molecule has 0 bridgehead atoms. The second-order valence-electron chi connectivity index (χ2n) is 7.20. The van der Waals surface area contributed by atoms with Gasteiger partial charge >= 0.3 is 0 Å². The summed E-state index contributed by atoms with van der Waals surface area (Å²) < 4.78 is 0. The van der Waals surface area contributed by atoms with E-state index < -0.39 is 0 Å². The molecular formula is C18H25N3. The quantitative estimate of drug-likeness (QED) is 0.869. The number of aromatic nitrogens is 1. The molecule has 0 aliphatic carbocycles. The average Bonchev–Trinajstić information content (AvgIpc) is 2.46. The van der Waals surface area contributed by atoms with E-state index in [0.717, 1.165) is 13.1 Å². The van der Waals surface area contributed by atoms with E-state index in [1.165, 1.54) is 16.5 Å². The van der Waals surface area contributed by atoms with Crippen LogP contribution in [0.4, 0.5) is 5.69 Å². The monoisotopic (exact) mass is 283 g/mol. The third-order valence-electron chi connectivity index (χ3n) is 4.59. The minimum atomic E-state index is 0.265. The van der Waals surface area contributed by atoms with Crippen LogP contribution >= 0.6 is 0 Å². The van der Waals surface area contributed by atoms with Crippen molar-refractivity contribution in [2.75, 3.05) is 18.0 Å². The van der Waals surface area contributed by atoms with Gasteiger partial charge in [-0.15, -0.1) is 0 Å². The number of fused-ring (bicyclic) bond motifs is 1. The van der Waals surface area contributed by atoms with Gasteiger partial charge in [-0.05, 0) is 29.9 Å². The summed E-state index contributed by atoms with van der Waals surface area (Å²) in [5, 5.41) is 6.22. The van der Waals surface area contributed by atoms with Crippen LogP contribution in [-0.4, -0.2) is 30.2 Å². The van der Waals surface area contributed by atoms with Gasteiger partial charge in [0.2, 0.25) is 0 Å². The molecule has 1 saturated heterocycles. The summed E-state index contributed by atoms with van der Waals surface area (Å²) in [7, 11) is 0. The molecule has 1 aromatic heterocycles. The molecule has 1 aliphatic heterocycles. The molecule has 1 N–H and O–H groups in total. The van der Waals surface area contributed by atoms with Crippen LogP contribution in [-0.2, 0) is 0 Å². The van der Waals surface area contributed by atoms with Crippen molar-refractivity contribution in [1.29, 1.82) is 0 Å². The van der Waals surface area contributed by atoms with Crippen LogP contribution in [0.25, 0.3) is 10.8 Å². The van der Waals surface area contributed by atoms with Gasteiger partial charge in [0.25, 0.3) is 0 Å². The molecule has 21 heavy (non-hydrogen) atoms. The predicted molar refractivity (Wildman–Crippen MR) is 89.8 cm³/mol. The van der Waals surface area contributed by atoms with Crippen molar-refractivity contribution in [3.05, 3.63) is 36.7 Å². The Kier molecular flexibility index (Phi) is 3.62. The Hall–Kier alpha value is -1.61.